The van der Waals surface area contributed by atoms with Crippen LogP contribution in [0.1, 0.15) is 29.7 Å². The van der Waals surface area contributed by atoms with Crippen LogP contribution in [-0.4, -0.2) is 12.9 Å². The van der Waals surface area contributed by atoms with Crippen LogP contribution in [0.5, 0.6) is 5.75 Å². The fourth-order valence-electron chi connectivity index (χ4n) is 3.81. The molecule has 150 valence electrons. The Hall–Kier alpha value is -3.66. The lowest BCUT2D eigenvalue weighted by Crippen LogP contribution is -2.33. The zero-order valence-electron chi connectivity index (χ0n) is 16.9. The third kappa shape index (κ3) is 3.52. The minimum absolute atomic E-state index is 0.136. The van der Waals surface area contributed by atoms with E-state index in [1.165, 1.54) is 19.1 Å². The number of rotatable bonds is 5. The zero-order valence-corrected chi connectivity index (χ0v) is 16.9. The summed E-state index contributed by atoms with van der Waals surface area (Å²) in [6, 6.07) is 21.7. The van der Waals surface area contributed by atoms with Gasteiger partial charge in [0.2, 0.25) is 0 Å². The number of methoxy groups -OCH3 is 1. The van der Waals surface area contributed by atoms with E-state index in [9.17, 15) is 9.18 Å². The first-order valence-corrected chi connectivity index (χ1v) is 9.69. The van der Waals surface area contributed by atoms with E-state index in [1.807, 2.05) is 65.6 Å². The molecule has 0 aliphatic carbocycles. The number of benzene rings is 3. The number of nitrogens with zero attached hydrogens (tertiary/aromatic N) is 1. The van der Waals surface area contributed by atoms with Crippen molar-refractivity contribution in [1.82, 2.24) is 0 Å². The molecule has 3 aromatic rings. The number of ether oxygens (including phenoxy) is 1. The monoisotopic (exact) mass is 399 g/mol. The first kappa shape index (κ1) is 19.6. The van der Waals surface area contributed by atoms with Crippen LogP contribution in [0.4, 0.5) is 10.1 Å². The van der Waals surface area contributed by atoms with Crippen LogP contribution in [0.2, 0.25) is 0 Å². The molecule has 0 fully saturated rings. The molecular weight excluding hydrogens is 377 g/mol. The SMILES string of the molecule is C=C(C(C)=O)C1c2cc(F)ccc2C=C(c2ccccc2)N1c1ccc(OC)cc1. The van der Waals surface area contributed by atoms with Crippen molar-refractivity contribution in [3.05, 3.63) is 107 Å². The molecule has 30 heavy (non-hydrogen) atoms. The predicted molar refractivity (Wildman–Crippen MR) is 119 cm³/mol. The van der Waals surface area contributed by atoms with Crippen LogP contribution in [-0.2, 0) is 4.79 Å². The van der Waals surface area contributed by atoms with Crippen molar-refractivity contribution >= 4 is 23.2 Å². The summed E-state index contributed by atoms with van der Waals surface area (Å²) >= 11 is 0. The van der Waals surface area contributed by atoms with Gasteiger partial charge in [-0.1, -0.05) is 43.0 Å². The second-order valence-corrected chi connectivity index (χ2v) is 7.22. The number of ketones is 1. The van der Waals surface area contributed by atoms with Gasteiger partial charge in [0.15, 0.2) is 5.78 Å². The lowest BCUT2D eigenvalue weighted by molar-refractivity contribution is -0.113. The highest BCUT2D eigenvalue weighted by atomic mass is 19.1. The smallest absolute Gasteiger partial charge is 0.157 e. The number of halogens is 1. The molecule has 0 radical (unpaired) electrons. The van der Waals surface area contributed by atoms with Gasteiger partial charge in [0.05, 0.1) is 13.2 Å². The number of anilines is 1. The van der Waals surface area contributed by atoms with Gasteiger partial charge < -0.3 is 9.64 Å². The molecular formula is C26H22FNO2. The van der Waals surface area contributed by atoms with Gasteiger partial charge in [-0.25, -0.2) is 4.39 Å². The molecule has 0 saturated carbocycles. The number of Topliss-reactive ketones (excluding diaryl/α,β-unsaturated/α-hetero) is 1. The van der Waals surface area contributed by atoms with Crippen molar-refractivity contribution in [2.24, 2.45) is 0 Å². The summed E-state index contributed by atoms with van der Waals surface area (Å²) < 4.78 is 19.5. The lowest BCUT2D eigenvalue weighted by atomic mass is 9.86. The Labute approximate surface area is 175 Å². The van der Waals surface area contributed by atoms with E-state index in [2.05, 4.69) is 6.58 Å². The van der Waals surface area contributed by atoms with Crippen LogP contribution >= 0.6 is 0 Å². The molecule has 0 spiro atoms. The normalized spacial score (nSPS) is 15.2. The average molecular weight is 399 g/mol. The first-order chi connectivity index (χ1) is 14.5. The molecule has 1 atom stereocenters. The summed E-state index contributed by atoms with van der Waals surface area (Å²) in [6.07, 6.45) is 2.03. The number of carbonyl (C=O) groups excluding carboxylic acids is 1. The van der Waals surface area contributed by atoms with E-state index in [0.29, 0.717) is 11.1 Å². The molecule has 3 nitrogen and oxygen atoms in total. The molecule has 1 heterocycles. The second kappa shape index (κ2) is 7.99. The highest BCUT2D eigenvalue weighted by Crippen LogP contribution is 2.45. The van der Waals surface area contributed by atoms with Gasteiger partial charge >= 0.3 is 0 Å². The van der Waals surface area contributed by atoms with Gasteiger partial charge in [-0.15, -0.1) is 0 Å². The summed E-state index contributed by atoms with van der Waals surface area (Å²) in [5.41, 5.74) is 4.74. The largest absolute Gasteiger partial charge is 0.497 e. The summed E-state index contributed by atoms with van der Waals surface area (Å²) in [6.45, 7) is 5.57. The van der Waals surface area contributed by atoms with E-state index in [4.69, 9.17) is 4.74 Å². The molecule has 4 heteroatoms. The number of hydrogen-bond acceptors (Lipinski definition) is 3. The van der Waals surface area contributed by atoms with Crippen LogP contribution < -0.4 is 9.64 Å². The summed E-state index contributed by atoms with van der Waals surface area (Å²) in [5, 5.41) is 0. The number of fused-ring (bicyclic) bond motifs is 1. The van der Waals surface area contributed by atoms with Crippen molar-refractivity contribution in [2.75, 3.05) is 12.0 Å². The van der Waals surface area contributed by atoms with Gasteiger partial charge in [-0.3, -0.25) is 4.79 Å². The van der Waals surface area contributed by atoms with E-state index in [1.54, 1.807) is 13.2 Å². The van der Waals surface area contributed by atoms with Crippen LogP contribution in [0.25, 0.3) is 11.8 Å². The molecule has 4 rings (SSSR count). The van der Waals surface area contributed by atoms with Crippen molar-refractivity contribution in [2.45, 2.75) is 13.0 Å². The summed E-state index contributed by atoms with van der Waals surface area (Å²) in [7, 11) is 1.62. The van der Waals surface area contributed by atoms with Crippen LogP contribution in [0, 0.1) is 5.82 Å². The molecule has 0 aromatic heterocycles. The third-order valence-electron chi connectivity index (χ3n) is 5.36. The Morgan fingerprint density at radius 2 is 1.73 bits per heavy atom. The maximum absolute atomic E-state index is 14.2. The molecule has 0 saturated heterocycles. The van der Waals surface area contributed by atoms with Crippen LogP contribution in [0.3, 0.4) is 0 Å². The number of carbonyl (C=O) groups is 1. The van der Waals surface area contributed by atoms with Crippen molar-refractivity contribution < 1.29 is 13.9 Å². The summed E-state index contributed by atoms with van der Waals surface area (Å²) in [4.78, 5) is 14.4. The first-order valence-electron chi connectivity index (χ1n) is 9.69. The third-order valence-corrected chi connectivity index (χ3v) is 5.36. The van der Waals surface area contributed by atoms with Crippen molar-refractivity contribution in [3.63, 3.8) is 0 Å². The average Bonchev–Trinajstić information content (AvgIpc) is 2.78. The molecule has 0 amide bonds. The Morgan fingerprint density at radius 1 is 1.03 bits per heavy atom. The van der Waals surface area contributed by atoms with E-state index in [0.717, 1.165) is 28.3 Å². The zero-order chi connectivity index (χ0) is 21.3. The minimum Gasteiger partial charge on any atom is -0.497 e. The maximum atomic E-state index is 14.2. The van der Waals surface area contributed by atoms with Crippen molar-refractivity contribution in [3.8, 4) is 5.75 Å². The Bertz CT molecular complexity index is 1130. The Balaban J connectivity index is 1.99. The molecule has 1 unspecified atom stereocenters. The van der Waals surface area contributed by atoms with Gasteiger partial charge in [-0.2, -0.15) is 0 Å². The standard InChI is InChI=1S/C26H22FNO2/c1-17(18(2)29)26-24-16-21(27)10-9-20(24)15-25(19-7-5-4-6-8-19)28(26)22-11-13-23(30-3)14-12-22/h4-16,26H,1H2,2-3H3. The second-order valence-electron chi connectivity index (χ2n) is 7.22. The topological polar surface area (TPSA) is 29.5 Å². The van der Waals surface area contributed by atoms with E-state index in [-0.39, 0.29) is 11.6 Å². The highest BCUT2D eigenvalue weighted by Gasteiger charge is 2.34. The van der Waals surface area contributed by atoms with Gasteiger partial charge in [-0.05, 0) is 66.1 Å². The van der Waals surface area contributed by atoms with E-state index >= 15 is 0 Å². The predicted octanol–water partition coefficient (Wildman–Crippen LogP) is 6.04. The number of hydrogen-bond donors (Lipinski definition) is 0. The molecule has 1 aliphatic rings. The molecule has 0 bridgehead atoms. The van der Waals surface area contributed by atoms with Crippen LogP contribution in [0.15, 0.2) is 84.9 Å². The summed E-state index contributed by atoms with van der Waals surface area (Å²) in [5.74, 6) is 0.249. The molecule has 0 N–H and O–H groups in total. The molecule has 3 aromatic carbocycles. The quantitative estimate of drug-likeness (QED) is 0.490. The minimum atomic E-state index is -0.526. The lowest BCUT2D eigenvalue weighted by Gasteiger charge is -2.40. The van der Waals surface area contributed by atoms with Gasteiger partial charge in [0, 0.05) is 17.0 Å². The molecule has 1 aliphatic heterocycles. The van der Waals surface area contributed by atoms with Gasteiger partial charge in [0.1, 0.15) is 11.6 Å². The fourth-order valence-corrected chi connectivity index (χ4v) is 3.81. The van der Waals surface area contributed by atoms with Gasteiger partial charge in [0.25, 0.3) is 0 Å². The Kier molecular flexibility index (Phi) is 5.23. The highest BCUT2D eigenvalue weighted by molar-refractivity contribution is 6.00. The van der Waals surface area contributed by atoms with Crippen molar-refractivity contribution in [1.29, 1.82) is 0 Å². The Morgan fingerprint density at radius 3 is 2.37 bits per heavy atom. The van der Waals surface area contributed by atoms with E-state index < -0.39 is 6.04 Å². The fraction of sp³-hybridized carbons (Fsp3) is 0.115. The maximum Gasteiger partial charge on any atom is 0.157 e.